The Morgan fingerprint density at radius 3 is 2.19 bits per heavy atom. The summed E-state index contributed by atoms with van der Waals surface area (Å²) < 4.78 is 0. The third-order valence-electron chi connectivity index (χ3n) is 4.41. The lowest BCUT2D eigenvalue weighted by Gasteiger charge is -2.22. The molecule has 1 aliphatic heterocycles. The molecule has 0 amide bonds. The fourth-order valence-electron chi connectivity index (χ4n) is 3.17. The topological polar surface area (TPSA) is 38.0 Å². The van der Waals surface area contributed by atoms with E-state index in [1.165, 1.54) is 54.6 Å². The number of piperidine rings is 1. The highest BCUT2D eigenvalue weighted by Gasteiger charge is 2.13. The fourth-order valence-corrected chi connectivity index (χ4v) is 3.17. The van der Waals surface area contributed by atoms with E-state index in [-0.39, 0.29) is 0 Å². The molecule has 2 aromatic carbocycles. The first-order chi connectivity index (χ1) is 10.3. The molecule has 1 heterocycles. The third kappa shape index (κ3) is 3.72. The Hall–Kier alpha value is -1.64. The Labute approximate surface area is 127 Å². The van der Waals surface area contributed by atoms with Gasteiger partial charge in [0.1, 0.15) is 0 Å². The zero-order valence-electron chi connectivity index (χ0n) is 12.5. The van der Waals surface area contributed by atoms with Gasteiger partial charge in [0.05, 0.1) is 0 Å². The molecule has 1 aliphatic rings. The van der Waals surface area contributed by atoms with Gasteiger partial charge in [-0.3, -0.25) is 0 Å². The lowest BCUT2D eigenvalue weighted by molar-refractivity contribution is 0.373. The van der Waals surface area contributed by atoms with E-state index in [2.05, 4.69) is 53.8 Å². The van der Waals surface area contributed by atoms with Gasteiger partial charge in [-0.25, -0.2) is 0 Å². The van der Waals surface area contributed by atoms with Crippen LogP contribution in [0, 0.1) is 5.92 Å². The number of rotatable bonds is 4. The molecule has 0 saturated carbocycles. The van der Waals surface area contributed by atoms with Crippen LogP contribution in [0.4, 0.5) is 0 Å². The molecule has 0 atom stereocenters. The number of benzene rings is 2. The van der Waals surface area contributed by atoms with E-state index in [9.17, 15) is 0 Å². The molecule has 3 rings (SSSR count). The molecular formula is C19H24N2. The predicted molar refractivity (Wildman–Crippen MR) is 89.1 cm³/mol. The van der Waals surface area contributed by atoms with Crippen molar-refractivity contribution in [2.45, 2.75) is 25.8 Å². The van der Waals surface area contributed by atoms with E-state index in [1.807, 2.05) is 0 Å². The summed E-state index contributed by atoms with van der Waals surface area (Å²) in [7, 11) is 0. The molecular weight excluding hydrogens is 256 g/mol. The summed E-state index contributed by atoms with van der Waals surface area (Å²) in [5.41, 5.74) is 11.0. The van der Waals surface area contributed by atoms with Gasteiger partial charge in [-0.1, -0.05) is 42.5 Å². The van der Waals surface area contributed by atoms with Gasteiger partial charge in [0.25, 0.3) is 0 Å². The Balaban J connectivity index is 1.78. The fraction of sp³-hybridized carbons (Fsp3) is 0.368. The monoisotopic (exact) mass is 280 g/mol. The van der Waals surface area contributed by atoms with Gasteiger partial charge in [0, 0.05) is 6.54 Å². The Kier molecular flexibility index (Phi) is 4.69. The highest BCUT2D eigenvalue weighted by Crippen LogP contribution is 2.24. The molecule has 3 N–H and O–H groups in total. The quantitative estimate of drug-likeness (QED) is 0.901. The maximum atomic E-state index is 5.74. The zero-order chi connectivity index (χ0) is 14.5. The molecule has 2 heteroatoms. The minimum Gasteiger partial charge on any atom is -0.326 e. The van der Waals surface area contributed by atoms with E-state index < -0.39 is 0 Å². The van der Waals surface area contributed by atoms with Crippen LogP contribution in [0.5, 0.6) is 0 Å². The van der Waals surface area contributed by atoms with Gasteiger partial charge in [0.15, 0.2) is 0 Å². The Morgan fingerprint density at radius 1 is 0.905 bits per heavy atom. The highest BCUT2D eigenvalue weighted by molar-refractivity contribution is 5.65. The first kappa shape index (κ1) is 14.3. The van der Waals surface area contributed by atoms with Crippen molar-refractivity contribution in [3.05, 3.63) is 59.7 Å². The Bertz CT molecular complexity index is 586. The average molecular weight is 280 g/mol. The summed E-state index contributed by atoms with van der Waals surface area (Å²) in [5, 5.41) is 3.44. The van der Waals surface area contributed by atoms with E-state index in [0.717, 1.165) is 5.92 Å². The van der Waals surface area contributed by atoms with Gasteiger partial charge < -0.3 is 11.1 Å². The summed E-state index contributed by atoms with van der Waals surface area (Å²) in [6.45, 7) is 2.94. The van der Waals surface area contributed by atoms with Crippen molar-refractivity contribution in [1.82, 2.24) is 5.32 Å². The molecule has 1 saturated heterocycles. The van der Waals surface area contributed by atoms with Crippen LogP contribution in [0.15, 0.2) is 48.5 Å². The molecule has 2 aromatic rings. The predicted octanol–water partition coefficient (Wildman–Crippen LogP) is 3.35. The van der Waals surface area contributed by atoms with Crippen molar-refractivity contribution in [3.8, 4) is 11.1 Å². The van der Waals surface area contributed by atoms with Crippen molar-refractivity contribution in [1.29, 1.82) is 0 Å². The summed E-state index contributed by atoms with van der Waals surface area (Å²) in [4.78, 5) is 0. The van der Waals surface area contributed by atoms with E-state index in [4.69, 9.17) is 5.73 Å². The lowest BCUT2D eigenvalue weighted by atomic mass is 9.90. The van der Waals surface area contributed by atoms with E-state index >= 15 is 0 Å². The minimum absolute atomic E-state index is 0.600. The zero-order valence-corrected chi connectivity index (χ0v) is 12.5. The van der Waals surface area contributed by atoms with E-state index in [1.54, 1.807) is 0 Å². The molecule has 1 fully saturated rings. The summed E-state index contributed by atoms with van der Waals surface area (Å²) >= 11 is 0. The normalized spacial score (nSPS) is 16.0. The second-order valence-electron chi connectivity index (χ2n) is 6.00. The van der Waals surface area contributed by atoms with Crippen molar-refractivity contribution in [3.63, 3.8) is 0 Å². The van der Waals surface area contributed by atoms with Gasteiger partial charge in [-0.15, -0.1) is 0 Å². The maximum Gasteiger partial charge on any atom is 0.0178 e. The summed E-state index contributed by atoms with van der Waals surface area (Å²) in [6.07, 6.45) is 3.80. The number of nitrogens with one attached hydrogen (secondary N) is 1. The van der Waals surface area contributed by atoms with Crippen LogP contribution in [0.3, 0.4) is 0 Å². The minimum atomic E-state index is 0.600. The number of hydrogen-bond acceptors (Lipinski definition) is 2. The molecule has 0 bridgehead atoms. The van der Waals surface area contributed by atoms with Crippen LogP contribution in [0.25, 0.3) is 11.1 Å². The molecule has 2 nitrogen and oxygen atoms in total. The molecule has 0 unspecified atom stereocenters. The molecule has 0 aliphatic carbocycles. The lowest BCUT2D eigenvalue weighted by Crippen LogP contribution is -2.28. The van der Waals surface area contributed by atoms with Crippen LogP contribution in [-0.4, -0.2) is 13.1 Å². The molecule has 0 spiro atoms. The highest BCUT2D eigenvalue weighted by atomic mass is 14.9. The number of nitrogens with two attached hydrogens (primary N) is 1. The third-order valence-corrected chi connectivity index (χ3v) is 4.41. The van der Waals surface area contributed by atoms with Crippen molar-refractivity contribution in [2.24, 2.45) is 11.7 Å². The number of hydrogen-bond donors (Lipinski definition) is 2. The summed E-state index contributed by atoms with van der Waals surface area (Å²) in [5.74, 6) is 0.830. The first-order valence-corrected chi connectivity index (χ1v) is 7.94. The largest absolute Gasteiger partial charge is 0.326 e. The van der Waals surface area contributed by atoms with Gasteiger partial charge in [-0.05, 0) is 66.6 Å². The molecule has 0 radical (unpaired) electrons. The van der Waals surface area contributed by atoms with Gasteiger partial charge in [0.2, 0.25) is 0 Å². The van der Waals surface area contributed by atoms with Crippen molar-refractivity contribution in [2.75, 3.05) is 13.1 Å². The van der Waals surface area contributed by atoms with Crippen molar-refractivity contribution < 1.29 is 0 Å². The molecule has 21 heavy (non-hydrogen) atoms. The van der Waals surface area contributed by atoms with Crippen LogP contribution in [-0.2, 0) is 13.0 Å². The van der Waals surface area contributed by atoms with Gasteiger partial charge >= 0.3 is 0 Å². The summed E-state index contributed by atoms with van der Waals surface area (Å²) in [6, 6.07) is 17.5. The van der Waals surface area contributed by atoms with Crippen molar-refractivity contribution >= 4 is 0 Å². The average Bonchev–Trinajstić information content (AvgIpc) is 2.56. The molecule has 0 aromatic heterocycles. The van der Waals surface area contributed by atoms with Crippen LogP contribution >= 0.6 is 0 Å². The second-order valence-corrected chi connectivity index (χ2v) is 6.00. The first-order valence-electron chi connectivity index (χ1n) is 7.94. The second kappa shape index (κ2) is 6.88. The van der Waals surface area contributed by atoms with Crippen LogP contribution in [0.1, 0.15) is 24.0 Å². The van der Waals surface area contributed by atoms with Crippen LogP contribution < -0.4 is 11.1 Å². The Morgan fingerprint density at radius 2 is 1.52 bits per heavy atom. The smallest absolute Gasteiger partial charge is 0.0178 e. The van der Waals surface area contributed by atoms with E-state index in [0.29, 0.717) is 6.54 Å². The molecule has 110 valence electrons. The van der Waals surface area contributed by atoms with Gasteiger partial charge in [-0.2, -0.15) is 0 Å². The standard InChI is InChI=1S/C19H24N2/c20-14-17-4-2-6-19(13-17)18-5-1-3-16(12-18)11-15-7-9-21-10-8-15/h1-6,12-13,15,21H,7-11,14,20H2. The maximum absolute atomic E-state index is 5.74. The van der Waals surface area contributed by atoms with Crippen LogP contribution in [0.2, 0.25) is 0 Å². The SMILES string of the molecule is NCc1cccc(-c2cccc(CC3CCNCC3)c2)c1.